The van der Waals surface area contributed by atoms with Crippen LogP contribution in [0.2, 0.25) is 0 Å². The highest BCUT2D eigenvalue weighted by molar-refractivity contribution is 5.66. The molecule has 1 aliphatic rings. The van der Waals surface area contributed by atoms with Gasteiger partial charge in [0.25, 0.3) is 0 Å². The number of carbonyl (C=O) groups is 1. The third-order valence-corrected chi connectivity index (χ3v) is 3.65. The number of rotatable bonds is 6. The fourth-order valence-corrected chi connectivity index (χ4v) is 2.45. The molecule has 1 aromatic carbocycles. The monoisotopic (exact) mass is 299 g/mol. The van der Waals surface area contributed by atoms with Gasteiger partial charge in [-0.2, -0.15) is 0 Å². The molecule has 21 heavy (non-hydrogen) atoms. The minimum Gasteiger partial charge on any atom is -0.481 e. The highest BCUT2D eigenvalue weighted by Crippen LogP contribution is 2.19. The summed E-state index contributed by atoms with van der Waals surface area (Å²) in [5.41, 5.74) is 0.0998. The third kappa shape index (κ3) is 4.75. The van der Waals surface area contributed by atoms with E-state index in [4.69, 9.17) is 9.84 Å². The van der Waals surface area contributed by atoms with Gasteiger partial charge < -0.3 is 9.84 Å². The summed E-state index contributed by atoms with van der Waals surface area (Å²) in [6, 6.07) is 3.89. The van der Waals surface area contributed by atoms with Crippen molar-refractivity contribution in [2.45, 2.75) is 31.9 Å². The van der Waals surface area contributed by atoms with Gasteiger partial charge in [0.15, 0.2) is 0 Å². The van der Waals surface area contributed by atoms with Crippen molar-refractivity contribution < 1.29 is 23.4 Å². The Hall–Kier alpha value is -1.53. The zero-order valence-electron chi connectivity index (χ0n) is 11.7. The number of halogens is 2. The van der Waals surface area contributed by atoms with Crippen molar-refractivity contribution in [3.63, 3.8) is 0 Å². The lowest BCUT2D eigenvalue weighted by Gasteiger charge is -2.32. The lowest BCUT2D eigenvalue weighted by Crippen LogP contribution is -2.37. The summed E-state index contributed by atoms with van der Waals surface area (Å²) in [7, 11) is 0. The summed E-state index contributed by atoms with van der Waals surface area (Å²) in [4.78, 5) is 12.4. The predicted molar refractivity (Wildman–Crippen MR) is 72.9 cm³/mol. The molecule has 6 heteroatoms. The smallest absolute Gasteiger partial charge is 0.305 e. The van der Waals surface area contributed by atoms with Gasteiger partial charge in [0.2, 0.25) is 0 Å². The largest absolute Gasteiger partial charge is 0.481 e. The van der Waals surface area contributed by atoms with Crippen molar-refractivity contribution in [2.24, 2.45) is 0 Å². The Kier molecular flexibility index (Phi) is 5.64. The summed E-state index contributed by atoms with van der Waals surface area (Å²) >= 11 is 0. The molecule has 0 radical (unpaired) electrons. The lowest BCUT2D eigenvalue weighted by atomic mass is 10.1. The Balaban J connectivity index is 1.78. The molecule has 1 fully saturated rings. The van der Waals surface area contributed by atoms with E-state index < -0.39 is 17.6 Å². The topological polar surface area (TPSA) is 49.8 Å². The molecule has 0 amide bonds. The maximum Gasteiger partial charge on any atom is 0.305 e. The molecule has 0 atom stereocenters. The standard InChI is InChI=1S/C15H19F2NO3/c16-13-2-1-3-14(17)12(13)10-18-7-4-11(5-8-18)21-9-6-15(19)20/h1-3,11H,4-10H2,(H,19,20). The molecule has 0 aliphatic carbocycles. The molecule has 0 spiro atoms. The van der Waals surface area contributed by atoms with Crippen LogP contribution in [0.1, 0.15) is 24.8 Å². The molecule has 0 saturated carbocycles. The molecule has 2 rings (SSSR count). The molecule has 0 aromatic heterocycles. The molecule has 1 aliphatic heterocycles. The Bertz CT molecular complexity index is 468. The SMILES string of the molecule is O=C(O)CCOC1CCN(Cc2c(F)cccc2F)CC1. The number of piperidine rings is 1. The highest BCUT2D eigenvalue weighted by Gasteiger charge is 2.21. The van der Waals surface area contributed by atoms with Crippen LogP contribution in [0, 0.1) is 11.6 Å². The van der Waals surface area contributed by atoms with Crippen LogP contribution >= 0.6 is 0 Å². The number of aliphatic carboxylic acids is 1. The fraction of sp³-hybridized carbons (Fsp3) is 0.533. The summed E-state index contributed by atoms with van der Waals surface area (Å²) in [6.45, 7) is 1.83. The Morgan fingerprint density at radius 3 is 2.48 bits per heavy atom. The fourth-order valence-electron chi connectivity index (χ4n) is 2.45. The Morgan fingerprint density at radius 1 is 1.29 bits per heavy atom. The van der Waals surface area contributed by atoms with Gasteiger partial charge in [-0.05, 0) is 25.0 Å². The second-order valence-corrected chi connectivity index (χ2v) is 5.19. The second kappa shape index (κ2) is 7.47. The van der Waals surface area contributed by atoms with Crippen LogP contribution < -0.4 is 0 Å². The number of nitrogens with zero attached hydrogens (tertiary/aromatic N) is 1. The van der Waals surface area contributed by atoms with Crippen LogP contribution in [-0.2, 0) is 16.1 Å². The van der Waals surface area contributed by atoms with Crippen LogP contribution in [-0.4, -0.2) is 41.8 Å². The quantitative estimate of drug-likeness (QED) is 0.876. The molecule has 0 bridgehead atoms. The van der Waals surface area contributed by atoms with E-state index in [-0.39, 0.29) is 31.2 Å². The van der Waals surface area contributed by atoms with E-state index in [1.807, 2.05) is 4.90 Å². The molecule has 0 unspecified atom stereocenters. The van der Waals surface area contributed by atoms with Gasteiger partial charge in [0.1, 0.15) is 11.6 Å². The van der Waals surface area contributed by atoms with Crippen LogP contribution in [0.3, 0.4) is 0 Å². The van der Waals surface area contributed by atoms with Crippen LogP contribution in [0.15, 0.2) is 18.2 Å². The average molecular weight is 299 g/mol. The van der Waals surface area contributed by atoms with Crippen molar-refractivity contribution in [1.82, 2.24) is 4.90 Å². The van der Waals surface area contributed by atoms with E-state index >= 15 is 0 Å². The van der Waals surface area contributed by atoms with Crippen LogP contribution in [0.25, 0.3) is 0 Å². The van der Waals surface area contributed by atoms with Gasteiger partial charge in [-0.15, -0.1) is 0 Å². The van der Waals surface area contributed by atoms with E-state index in [0.29, 0.717) is 13.1 Å². The van der Waals surface area contributed by atoms with Crippen molar-refractivity contribution in [1.29, 1.82) is 0 Å². The Labute approximate surface area is 122 Å². The van der Waals surface area contributed by atoms with Gasteiger partial charge in [0.05, 0.1) is 19.1 Å². The first-order valence-electron chi connectivity index (χ1n) is 7.05. The minimum atomic E-state index is -0.873. The number of carboxylic acid groups (broad SMARTS) is 1. The van der Waals surface area contributed by atoms with E-state index in [1.54, 1.807) is 0 Å². The number of likely N-dealkylation sites (tertiary alicyclic amines) is 1. The first kappa shape index (κ1) is 15.9. The molecular weight excluding hydrogens is 280 g/mol. The van der Waals surface area contributed by atoms with Gasteiger partial charge in [-0.25, -0.2) is 8.78 Å². The van der Waals surface area contributed by atoms with Crippen molar-refractivity contribution >= 4 is 5.97 Å². The number of benzene rings is 1. The molecule has 116 valence electrons. The maximum absolute atomic E-state index is 13.6. The highest BCUT2D eigenvalue weighted by atomic mass is 19.1. The van der Waals surface area contributed by atoms with Gasteiger partial charge in [-0.1, -0.05) is 6.07 Å². The molecule has 1 N–H and O–H groups in total. The molecule has 1 aromatic rings. The zero-order chi connectivity index (χ0) is 15.2. The molecule has 1 heterocycles. The number of hydrogen-bond acceptors (Lipinski definition) is 3. The average Bonchev–Trinajstić information content (AvgIpc) is 2.44. The van der Waals surface area contributed by atoms with Crippen molar-refractivity contribution in [3.8, 4) is 0 Å². The maximum atomic E-state index is 13.6. The van der Waals surface area contributed by atoms with Gasteiger partial charge in [-0.3, -0.25) is 9.69 Å². The summed E-state index contributed by atoms with van der Waals surface area (Å²) in [5, 5.41) is 8.54. The first-order valence-corrected chi connectivity index (χ1v) is 7.05. The molecular formula is C15H19F2NO3. The third-order valence-electron chi connectivity index (χ3n) is 3.65. The molecule has 1 saturated heterocycles. The number of ether oxygens (including phenoxy) is 1. The first-order chi connectivity index (χ1) is 10.1. The number of carboxylic acids is 1. The van der Waals surface area contributed by atoms with E-state index in [9.17, 15) is 13.6 Å². The van der Waals surface area contributed by atoms with E-state index in [1.165, 1.54) is 18.2 Å². The Morgan fingerprint density at radius 2 is 1.90 bits per heavy atom. The van der Waals surface area contributed by atoms with Crippen molar-refractivity contribution in [2.75, 3.05) is 19.7 Å². The van der Waals surface area contributed by atoms with Crippen LogP contribution in [0.5, 0.6) is 0 Å². The van der Waals surface area contributed by atoms with Gasteiger partial charge in [0, 0.05) is 25.2 Å². The van der Waals surface area contributed by atoms with E-state index in [2.05, 4.69) is 0 Å². The summed E-state index contributed by atoms with van der Waals surface area (Å²) in [6.07, 6.45) is 1.53. The van der Waals surface area contributed by atoms with Crippen LogP contribution in [0.4, 0.5) is 8.78 Å². The summed E-state index contributed by atoms with van der Waals surface area (Å²) in [5.74, 6) is -1.91. The van der Waals surface area contributed by atoms with Crippen molar-refractivity contribution in [3.05, 3.63) is 35.4 Å². The van der Waals surface area contributed by atoms with Gasteiger partial charge >= 0.3 is 5.97 Å². The zero-order valence-corrected chi connectivity index (χ0v) is 11.7. The lowest BCUT2D eigenvalue weighted by molar-refractivity contribution is -0.138. The molecule has 4 nitrogen and oxygen atoms in total. The van der Waals surface area contributed by atoms with E-state index in [0.717, 1.165) is 12.8 Å². The summed E-state index contributed by atoms with van der Waals surface area (Å²) < 4.78 is 32.6. The second-order valence-electron chi connectivity index (χ2n) is 5.19. The number of hydrogen-bond donors (Lipinski definition) is 1. The normalized spacial score (nSPS) is 17.0. The minimum absolute atomic E-state index is 0.000647. The predicted octanol–water partition coefficient (Wildman–Crippen LogP) is 2.42.